The van der Waals surface area contributed by atoms with E-state index < -0.39 is 0 Å². The summed E-state index contributed by atoms with van der Waals surface area (Å²) in [7, 11) is 0. The van der Waals surface area contributed by atoms with E-state index in [1.165, 1.54) is 0 Å². The average molecular weight is 515 g/mol. The number of hydrogen-bond acceptors (Lipinski definition) is 3. The first-order valence-corrected chi connectivity index (χ1v) is 10.2. The van der Waals surface area contributed by atoms with Crippen LogP contribution in [-0.4, -0.2) is 61.4 Å². The summed E-state index contributed by atoms with van der Waals surface area (Å²) >= 11 is 0. The third-order valence-corrected chi connectivity index (χ3v) is 4.61. The van der Waals surface area contributed by atoms with Crippen LogP contribution in [0.15, 0.2) is 35.3 Å². The molecule has 1 fully saturated rings. The van der Waals surface area contributed by atoms with Crippen LogP contribution in [0, 0.1) is 5.92 Å². The molecule has 1 aromatic rings. The number of benzene rings is 1. The Balaban J connectivity index is 0.00000420. The predicted molar refractivity (Wildman–Crippen MR) is 128 cm³/mol. The van der Waals surface area contributed by atoms with Gasteiger partial charge in [-0.3, -0.25) is 14.6 Å². The van der Waals surface area contributed by atoms with Gasteiger partial charge in [-0.15, -0.1) is 24.0 Å². The lowest BCUT2D eigenvalue weighted by molar-refractivity contribution is -0.133. The minimum absolute atomic E-state index is 0. The van der Waals surface area contributed by atoms with Gasteiger partial charge in [-0.2, -0.15) is 0 Å². The Labute approximate surface area is 191 Å². The summed E-state index contributed by atoms with van der Waals surface area (Å²) in [6.07, 6.45) is 1.69. The summed E-state index contributed by atoms with van der Waals surface area (Å²) in [6.45, 7) is 9.38. The van der Waals surface area contributed by atoms with Crippen LogP contribution in [0.5, 0.6) is 0 Å². The minimum Gasteiger partial charge on any atom is -0.357 e. The van der Waals surface area contributed by atoms with Gasteiger partial charge in [0.2, 0.25) is 5.91 Å². The summed E-state index contributed by atoms with van der Waals surface area (Å²) < 4.78 is 0. The molecule has 0 radical (unpaired) electrons. The van der Waals surface area contributed by atoms with Crippen LogP contribution in [0.25, 0.3) is 0 Å². The minimum atomic E-state index is -0.0597. The van der Waals surface area contributed by atoms with E-state index in [1.807, 2.05) is 43.9 Å². The van der Waals surface area contributed by atoms with Gasteiger partial charge in [-0.05, 0) is 31.9 Å². The van der Waals surface area contributed by atoms with Gasteiger partial charge in [-0.1, -0.05) is 32.0 Å². The molecule has 0 aliphatic carbocycles. The quantitative estimate of drug-likeness (QED) is 0.215. The van der Waals surface area contributed by atoms with Crippen LogP contribution in [-0.2, 0) is 4.79 Å². The van der Waals surface area contributed by atoms with Crippen LogP contribution in [0.2, 0.25) is 0 Å². The number of nitrogens with one attached hydrogen (secondary N) is 3. The maximum Gasteiger partial charge on any atom is 0.251 e. The maximum atomic E-state index is 12.1. The van der Waals surface area contributed by atoms with Crippen molar-refractivity contribution in [3.8, 4) is 0 Å². The zero-order chi connectivity index (χ0) is 20.4. The van der Waals surface area contributed by atoms with E-state index in [1.54, 1.807) is 12.1 Å². The van der Waals surface area contributed by atoms with Gasteiger partial charge in [0.1, 0.15) is 0 Å². The molecule has 1 atom stereocenters. The molecule has 2 rings (SSSR count). The number of carbonyl (C=O) groups excluding carboxylic acids is 2. The maximum absolute atomic E-state index is 12.1. The van der Waals surface area contributed by atoms with Crippen LogP contribution in [0.4, 0.5) is 0 Å². The first-order valence-electron chi connectivity index (χ1n) is 10.2. The number of nitrogens with zero attached hydrogens (tertiary/aromatic N) is 2. The highest BCUT2D eigenvalue weighted by atomic mass is 127. The fraction of sp³-hybridized carbons (Fsp3) is 0.571. The van der Waals surface area contributed by atoms with Gasteiger partial charge in [-0.25, -0.2) is 0 Å². The molecule has 1 unspecified atom stereocenters. The normalized spacial score (nSPS) is 16.3. The lowest BCUT2D eigenvalue weighted by Crippen LogP contribution is -2.45. The van der Waals surface area contributed by atoms with E-state index in [-0.39, 0.29) is 47.8 Å². The van der Waals surface area contributed by atoms with E-state index in [4.69, 9.17) is 0 Å². The van der Waals surface area contributed by atoms with Crippen LogP contribution in [0.1, 0.15) is 44.0 Å². The number of aliphatic imine (C=N–C) groups is 1. The highest BCUT2D eigenvalue weighted by Gasteiger charge is 2.27. The van der Waals surface area contributed by atoms with Crippen molar-refractivity contribution in [3.05, 3.63) is 35.9 Å². The molecule has 1 heterocycles. The third-order valence-electron chi connectivity index (χ3n) is 4.61. The largest absolute Gasteiger partial charge is 0.357 e. The molecular weight excluding hydrogens is 481 g/mol. The van der Waals surface area contributed by atoms with Crippen LogP contribution < -0.4 is 16.0 Å². The SMILES string of the molecule is CCNC(=NCCCNC(=O)c1ccccc1)NC1CCN(C(=O)C(C)C)C1.I. The number of guanidine groups is 1. The topological polar surface area (TPSA) is 85.8 Å². The van der Waals surface area contributed by atoms with Crippen molar-refractivity contribution in [2.24, 2.45) is 10.9 Å². The zero-order valence-electron chi connectivity index (χ0n) is 17.6. The molecule has 1 aromatic carbocycles. The summed E-state index contributed by atoms with van der Waals surface area (Å²) in [4.78, 5) is 30.6. The second-order valence-electron chi connectivity index (χ2n) is 7.31. The van der Waals surface area contributed by atoms with Crippen molar-refractivity contribution in [2.45, 2.75) is 39.7 Å². The van der Waals surface area contributed by atoms with E-state index in [2.05, 4.69) is 20.9 Å². The second kappa shape index (κ2) is 13.4. The Bertz CT molecular complexity index is 666. The molecule has 2 amide bonds. The molecule has 3 N–H and O–H groups in total. The molecule has 29 heavy (non-hydrogen) atoms. The van der Waals surface area contributed by atoms with Crippen molar-refractivity contribution in [3.63, 3.8) is 0 Å². The molecular formula is C21H34IN5O2. The van der Waals surface area contributed by atoms with Gasteiger partial charge in [0.05, 0.1) is 0 Å². The smallest absolute Gasteiger partial charge is 0.251 e. The summed E-state index contributed by atoms with van der Waals surface area (Å²) in [5.74, 6) is 0.948. The van der Waals surface area contributed by atoms with Crippen LogP contribution >= 0.6 is 24.0 Å². The average Bonchev–Trinajstić information content (AvgIpc) is 3.16. The first kappa shape index (κ1) is 25.2. The Morgan fingerprint density at radius 1 is 1.21 bits per heavy atom. The van der Waals surface area contributed by atoms with E-state index in [9.17, 15) is 9.59 Å². The fourth-order valence-electron chi connectivity index (χ4n) is 3.12. The molecule has 0 spiro atoms. The highest BCUT2D eigenvalue weighted by molar-refractivity contribution is 14.0. The number of halogens is 1. The molecule has 0 bridgehead atoms. The number of amides is 2. The van der Waals surface area contributed by atoms with Crippen molar-refractivity contribution in [1.29, 1.82) is 0 Å². The predicted octanol–water partition coefficient (Wildman–Crippen LogP) is 2.24. The summed E-state index contributed by atoms with van der Waals surface area (Å²) in [5.41, 5.74) is 0.669. The summed E-state index contributed by atoms with van der Waals surface area (Å²) in [6, 6.07) is 9.42. The number of likely N-dealkylation sites (tertiary alicyclic amines) is 1. The van der Waals surface area contributed by atoms with E-state index in [0.29, 0.717) is 25.2 Å². The first-order chi connectivity index (χ1) is 13.5. The lowest BCUT2D eigenvalue weighted by Gasteiger charge is -2.20. The number of hydrogen-bond donors (Lipinski definition) is 3. The second-order valence-corrected chi connectivity index (χ2v) is 7.31. The molecule has 1 saturated heterocycles. The van der Waals surface area contributed by atoms with Gasteiger partial charge < -0.3 is 20.9 Å². The van der Waals surface area contributed by atoms with Gasteiger partial charge in [0, 0.05) is 50.2 Å². The van der Waals surface area contributed by atoms with Gasteiger partial charge in [0.25, 0.3) is 5.91 Å². The van der Waals surface area contributed by atoms with Crippen LogP contribution in [0.3, 0.4) is 0 Å². The van der Waals surface area contributed by atoms with Gasteiger partial charge in [0.15, 0.2) is 5.96 Å². The third kappa shape index (κ3) is 8.59. The van der Waals surface area contributed by atoms with Gasteiger partial charge >= 0.3 is 0 Å². The fourth-order valence-corrected chi connectivity index (χ4v) is 3.12. The Hall–Kier alpha value is -1.84. The van der Waals surface area contributed by atoms with Crippen molar-refractivity contribution in [1.82, 2.24) is 20.9 Å². The molecule has 0 aromatic heterocycles. The summed E-state index contributed by atoms with van der Waals surface area (Å²) in [5, 5.41) is 9.59. The standard InChI is InChI=1S/C21H33N5O2.HI/c1-4-22-21(25-18-11-14-26(15-18)20(28)16(2)3)24-13-8-12-23-19(27)17-9-6-5-7-10-17;/h5-7,9-10,16,18H,4,8,11-15H2,1-3H3,(H,23,27)(H2,22,24,25);1H. The number of carbonyl (C=O) groups is 2. The van der Waals surface area contributed by atoms with Crippen molar-refractivity contribution < 1.29 is 9.59 Å². The number of rotatable bonds is 8. The van der Waals surface area contributed by atoms with Crippen molar-refractivity contribution in [2.75, 3.05) is 32.7 Å². The lowest BCUT2D eigenvalue weighted by atomic mass is 10.2. The van der Waals surface area contributed by atoms with E-state index >= 15 is 0 Å². The Morgan fingerprint density at radius 3 is 2.59 bits per heavy atom. The molecule has 162 valence electrons. The van der Waals surface area contributed by atoms with E-state index in [0.717, 1.165) is 31.9 Å². The van der Waals surface area contributed by atoms with Crippen molar-refractivity contribution >= 4 is 41.8 Å². The zero-order valence-corrected chi connectivity index (χ0v) is 19.9. The molecule has 8 heteroatoms. The Kier molecular flexibility index (Phi) is 11.6. The Morgan fingerprint density at radius 2 is 1.93 bits per heavy atom. The molecule has 1 aliphatic heterocycles. The molecule has 7 nitrogen and oxygen atoms in total. The molecule has 1 aliphatic rings. The molecule has 0 saturated carbocycles. The highest BCUT2D eigenvalue weighted by Crippen LogP contribution is 2.12. The monoisotopic (exact) mass is 515 g/mol.